The number of hydrogen-bond acceptors (Lipinski definition) is 0. The quantitative estimate of drug-likeness (QED) is 0.329. The molecule has 0 aromatic heterocycles. The van der Waals surface area contributed by atoms with Crippen molar-refractivity contribution in [2.75, 3.05) is 0 Å². The van der Waals surface area contributed by atoms with E-state index in [1.807, 2.05) is 6.08 Å². The number of hydrogen-bond donors (Lipinski definition) is 0. The highest BCUT2D eigenvalue weighted by Gasteiger charge is 1.93. The second kappa shape index (κ2) is 8.40. The van der Waals surface area contributed by atoms with Crippen LogP contribution in [0.4, 0.5) is 0 Å². The van der Waals surface area contributed by atoms with Crippen molar-refractivity contribution in [2.45, 2.75) is 46.0 Å². The SMILES string of the molecule is C=CC(C)CCCC#CCCC. The van der Waals surface area contributed by atoms with Crippen molar-refractivity contribution in [3.63, 3.8) is 0 Å². The first-order chi connectivity index (χ1) is 5.81. The Balaban J connectivity index is 3.22. The normalized spacial score (nSPS) is 11.5. The topological polar surface area (TPSA) is 0 Å². The van der Waals surface area contributed by atoms with Crippen LogP contribution in [-0.4, -0.2) is 0 Å². The van der Waals surface area contributed by atoms with Gasteiger partial charge in [0.2, 0.25) is 0 Å². The van der Waals surface area contributed by atoms with Crippen LogP contribution in [-0.2, 0) is 0 Å². The van der Waals surface area contributed by atoms with Crippen molar-refractivity contribution < 1.29 is 0 Å². The van der Waals surface area contributed by atoms with E-state index in [1.54, 1.807) is 0 Å². The Morgan fingerprint density at radius 1 is 1.33 bits per heavy atom. The average Bonchev–Trinajstić information content (AvgIpc) is 2.10. The minimum atomic E-state index is 0.651. The van der Waals surface area contributed by atoms with Gasteiger partial charge in [0.05, 0.1) is 0 Å². The summed E-state index contributed by atoms with van der Waals surface area (Å²) in [5, 5.41) is 0. The van der Waals surface area contributed by atoms with Gasteiger partial charge in [-0.1, -0.05) is 19.9 Å². The van der Waals surface area contributed by atoms with Crippen molar-refractivity contribution in [1.29, 1.82) is 0 Å². The third-order valence-electron chi connectivity index (χ3n) is 1.86. The summed E-state index contributed by atoms with van der Waals surface area (Å²) in [5.41, 5.74) is 0. The van der Waals surface area contributed by atoms with E-state index in [0.717, 1.165) is 12.8 Å². The van der Waals surface area contributed by atoms with Gasteiger partial charge in [-0.2, -0.15) is 0 Å². The van der Waals surface area contributed by atoms with Gasteiger partial charge in [-0.05, 0) is 25.2 Å². The average molecular weight is 164 g/mol. The molecule has 1 atom stereocenters. The third kappa shape index (κ3) is 7.41. The molecule has 0 heteroatoms. The molecular weight excluding hydrogens is 144 g/mol. The summed E-state index contributed by atoms with van der Waals surface area (Å²) in [6.45, 7) is 8.11. The zero-order chi connectivity index (χ0) is 9.23. The molecule has 0 fully saturated rings. The summed E-state index contributed by atoms with van der Waals surface area (Å²) in [6, 6.07) is 0. The number of rotatable bonds is 5. The molecule has 0 aliphatic carbocycles. The van der Waals surface area contributed by atoms with E-state index in [9.17, 15) is 0 Å². The highest BCUT2D eigenvalue weighted by molar-refractivity contribution is 4.98. The van der Waals surface area contributed by atoms with Crippen LogP contribution in [0.3, 0.4) is 0 Å². The molecule has 0 amide bonds. The summed E-state index contributed by atoms with van der Waals surface area (Å²) in [6.07, 6.45) is 7.74. The first-order valence-electron chi connectivity index (χ1n) is 4.89. The van der Waals surface area contributed by atoms with Gasteiger partial charge in [0.15, 0.2) is 0 Å². The van der Waals surface area contributed by atoms with Crippen molar-refractivity contribution in [1.82, 2.24) is 0 Å². The standard InChI is InChI=1S/C12H20/c1-4-6-7-8-9-10-11-12(3)5-2/h5,12H,2,4,6,9-11H2,1,3H3. The second-order valence-electron chi connectivity index (χ2n) is 3.21. The lowest BCUT2D eigenvalue weighted by molar-refractivity contribution is 0.617. The molecule has 0 saturated heterocycles. The van der Waals surface area contributed by atoms with Crippen molar-refractivity contribution in [3.8, 4) is 11.8 Å². The number of unbranched alkanes of at least 4 members (excludes halogenated alkanes) is 2. The molecule has 0 aromatic carbocycles. The minimum absolute atomic E-state index is 0.651. The predicted octanol–water partition coefficient (Wildman–Crippen LogP) is 3.78. The minimum Gasteiger partial charge on any atom is -0.103 e. The Morgan fingerprint density at radius 3 is 2.58 bits per heavy atom. The molecule has 68 valence electrons. The molecule has 0 aliphatic rings. The lowest BCUT2D eigenvalue weighted by atomic mass is 10.0. The summed E-state index contributed by atoms with van der Waals surface area (Å²) < 4.78 is 0. The van der Waals surface area contributed by atoms with Crippen LogP contribution >= 0.6 is 0 Å². The summed E-state index contributed by atoms with van der Waals surface area (Å²) in [4.78, 5) is 0. The van der Waals surface area contributed by atoms with Gasteiger partial charge >= 0.3 is 0 Å². The molecule has 0 rings (SSSR count). The van der Waals surface area contributed by atoms with Crippen molar-refractivity contribution >= 4 is 0 Å². The Labute approximate surface area is 77.1 Å². The molecule has 12 heavy (non-hydrogen) atoms. The fourth-order valence-electron chi connectivity index (χ4n) is 0.932. The van der Waals surface area contributed by atoms with Gasteiger partial charge in [0.1, 0.15) is 0 Å². The molecule has 0 nitrogen and oxygen atoms in total. The lowest BCUT2D eigenvalue weighted by Crippen LogP contribution is -1.87. The summed E-state index contributed by atoms with van der Waals surface area (Å²) in [5.74, 6) is 6.98. The highest BCUT2D eigenvalue weighted by atomic mass is 14.0. The first kappa shape index (κ1) is 11.3. The van der Waals surface area contributed by atoms with Gasteiger partial charge in [0.25, 0.3) is 0 Å². The zero-order valence-electron chi connectivity index (χ0n) is 8.40. The van der Waals surface area contributed by atoms with E-state index in [0.29, 0.717) is 5.92 Å². The predicted molar refractivity (Wildman–Crippen MR) is 55.9 cm³/mol. The Hall–Kier alpha value is -0.700. The van der Waals surface area contributed by atoms with E-state index in [1.165, 1.54) is 19.3 Å². The van der Waals surface area contributed by atoms with Crippen LogP contribution in [0, 0.1) is 17.8 Å². The number of allylic oxidation sites excluding steroid dienone is 1. The Morgan fingerprint density at radius 2 is 2.00 bits per heavy atom. The maximum absolute atomic E-state index is 3.75. The Kier molecular flexibility index (Phi) is 7.91. The molecule has 0 aromatic rings. The molecule has 0 heterocycles. The zero-order valence-corrected chi connectivity index (χ0v) is 8.40. The first-order valence-corrected chi connectivity index (χ1v) is 4.89. The fourth-order valence-corrected chi connectivity index (χ4v) is 0.932. The van der Waals surface area contributed by atoms with E-state index in [2.05, 4.69) is 32.3 Å². The molecule has 0 bridgehead atoms. The van der Waals surface area contributed by atoms with E-state index < -0.39 is 0 Å². The molecule has 0 radical (unpaired) electrons. The van der Waals surface area contributed by atoms with E-state index in [4.69, 9.17) is 0 Å². The molecule has 0 saturated carbocycles. The van der Waals surface area contributed by atoms with Crippen molar-refractivity contribution in [2.24, 2.45) is 5.92 Å². The molecule has 1 unspecified atom stereocenters. The lowest BCUT2D eigenvalue weighted by Gasteiger charge is -2.01. The van der Waals surface area contributed by atoms with Crippen LogP contribution < -0.4 is 0 Å². The largest absolute Gasteiger partial charge is 0.103 e. The van der Waals surface area contributed by atoms with Gasteiger partial charge in [-0.15, -0.1) is 18.4 Å². The van der Waals surface area contributed by atoms with Crippen LogP contribution in [0.1, 0.15) is 46.0 Å². The smallest absolute Gasteiger partial charge is 0.00889 e. The summed E-state index contributed by atoms with van der Waals surface area (Å²) >= 11 is 0. The van der Waals surface area contributed by atoms with E-state index >= 15 is 0 Å². The second-order valence-corrected chi connectivity index (χ2v) is 3.21. The van der Waals surface area contributed by atoms with Gasteiger partial charge in [-0.3, -0.25) is 0 Å². The van der Waals surface area contributed by atoms with Gasteiger partial charge in [0, 0.05) is 12.8 Å². The van der Waals surface area contributed by atoms with Crippen LogP contribution in [0.15, 0.2) is 12.7 Å². The monoisotopic (exact) mass is 164 g/mol. The van der Waals surface area contributed by atoms with Crippen LogP contribution in [0.5, 0.6) is 0 Å². The van der Waals surface area contributed by atoms with E-state index in [-0.39, 0.29) is 0 Å². The molecular formula is C12H20. The van der Waals surface area contributed by atoms with Crippen LogP contribution in [0.2, 0.25) is 0 Å². The van der Waals surface area contributed by atoms with Crippen LogP contribution in [0.25, 0.3) is 0 Å². The summed E-state index contributed by atoms with van der Waals surface area (Å²) in [7, 11) is 0. The molecule has 0 spiro atoms. The Bertz CT molecular complexity index is 157. The van der Waals surface area contributed by atoms with Gasteiger partial charge in [-0.25, -0.2) is 0 Å². The highest BCUT2D eigenvalue weighted by Crippen LogP contribution is 2.07. The third-order valence-corrected chi connectivity index (χ3v) is 1.86. The fraction of sp³-hybridized carbons (Fsp3) is 0.667. The maximum Gasteiger partial charge on any atom is 0.00889 e. The van der Waals surface area contributed by atoms with Gasteiger partial charge < -0.3 is 0 Å². The maximum atomic E-state index is 3.75. The molecule has 0 N–H and O–H groups in total. The molecule has 0 aliphatic heterocycles. The van der Waals surface area contributed by atoms with Crippen molar-refractivity contribution in [3.05, 3.63) is 12.7 Å².